The van der Waals surface area contributed by atoms with Gasteiger partial charge in [-0.1, -0.05) is 19.1 Å². The van der Waals surface area contributed by atoms with Crippen molar-refractivity contribution in [3.63, 3.8) is 0 Å². The van der Waals surface area contributed by atoms with Gasteiger partial charge in [-0.2, -0.15) is 0 Å². The summed E-state index contributed by atoms with van der Waals surface area (Å²) in [5, 5.41) is 0.659. The molecule has 1 aliphatic rings. The molecule has 20 heavy (non-hydrogen) atoms. The number of para-hydroxylation sites is 1. The van der Waals surface area contributed by atoms with Gasteiger partial charge in [0.05, 0.1) is 17.4 Å². The monoisotopic (exact) mass is 272 g/mol. The lowest BCUT2D eigenvalue weighted by Gasteiger charge is -2.33. The highest BCUT2D eigenvalue weighted by molar-refractivity contribution is 5.77. The topological polar surface area (TPSA) is 52.2 Å². The number of H-pyrrole nitrogens is 1. The van der Waals surface area contributed by atoms with Crippen LogP contribution in [0, 0.1) is 0 Å². The number of rotatable bonds is 3. The Kier molecular flexibility index (Phi) is 3.80. The predicted octanol–water partition coefficient (Wildman–Crippen LogP) is 1.06. The summed E-state index contributed by atoms with van der Waals surface area (Å²) in [4.78, 5) is 24.3. The zero-order valence-corrected chi connectivity index (χ0v) is 11.8. The minimum absolute atomic E-state index is 0.0437. The summed E-state index contributed by atoms with van der Waals surface area (Å²) in [6.07, 6.45) is 0. The van der Waals surface area contributed by atoms with Gasteiger partial charge in [0.1, 0.15) is 5.82 Å². The SMILES string of the molecule is CCN1CCN(Cc2nc3ccccc3c(=O)[nH]2)CC1. The first-order valence-corrected chi connectivity index (χ1v) is 7.19. The van der Waals surface area contributed by atoms with Crippen LogP contribution in [0.15, 0.2) is 29.1 Å². The maximum atomic E-state index is 12.0. The zero-order valence-electron chi connectivity index (χ0n) is 11.8. The van der Waals surface area contributed by atoms with Gasteiger partial charge in [-0.25, -0.2) is 4.98 Å². The number of nitrogens with zero attached hydrogens (tertiary/aromatic N) is 3. The van der Waals surface area contributed by atoms with Gasteiger partial charge in [0, 0.05) is 26.2 Å². The molecule has 5 heteroatoms. The molecule has 0 unspecified atom stereocenters. The quantitative estimate of drug-likeness (QED) is 0.908. The Bertz CT molecular complexity index is 644. The molecule has 2 heterocycles. The van der Waals surface area contributed by atoms with Crippen molar-refractivity contribution in [2.45, 2.75) is 13.5 Å². The van der Waals surface area contributed by atoms with Crippen molar-refractivity contribution in [1.29, 1.82) is 0 Å². The van der Waals surface area contributed by atoms with E-state index < -0.39 is 0 Å². The molecular formula is C15H20N4O. The van der Waals surface area contributed by atoms with Crippen molar-refractivity contribution in [3.05, 3.63) is 40.4 Å². The first-order valence-electron chi connectivity index (χ1n) is 7.19. The Morgan fingerprint density at radius 1 is 1.15 bits per heavy atom. The number of piperazine rings is 1. The molecule has 1 saturated heterocycles. The minimum atomic E-state index is -0.0437. The Labute approximate surface area is 118 Å². The van der Waals surface area contributed by atoms with Crippen molar-refractivity contribution in [2.75, 3.05) is 32.7 Å². The number of nitrogens with one attached hydrogen (secondary N) is 1. The average molecular weight is 272 g/mol. The normalized spacial score (nSPS) is 17.6. The van der Waals surface area contributed by atoms with Gasteiger partial charge in [-0.3, -0.25) is 9.69 Å². The fourth-order valence-electron chi connectivity index (χ4n) is 2.69. The van der Waals surface area contributed by atoms with Crippen molar-refractivity contribution in [3.8, 4) is 0 Å². The van der Waals surface area contributed by atoms with Crippen LogP contribution in [0.5, 0.6) is 0 Å². The van der Waals surface area contributed by atoms with Crippen LogP contribution >= 0.6 is 0 Å². The standard InChI is InChI=1S/C15H20N4O/c1-2-18-7-9-19(10-8-18)11-14-16-13-6-4-3-5-12(13)15(20)17-14/h3-6H,2,7-11H2,1H3,(H,16,17,20). The number of aromatic nitrogens is 2. The van der Waals surface area contributed by atoms with Crippen LogP contribution in [0.2, 0.25) is 0 Å². The van der Waals surface area contributed by atoms with E-state index in [1.807, 2.05) is 24.3 Å². The number of hydrogen-bond acceptors (Lipinski definition) is 4. The highest BCUT2D eigenvalue weighted by atomic mass is 16.1. The summed E-state index contributed by atoms with van der Waals surface area (Å²) in [6, 6.07) is 7.48. The average Bonchev–Trinajstić information content (AvgIpc) is 2.48. The number of likely N-dealkylation sites (N-methyl/N-ethyl adjacent to an activating group) is 1. The van der Waals surface area contributed by atoms with Crippen molar-refractivity contribution in [1.82, 2.24) is 19.8 Å². The second-order valence-electron chi connectivity index (χ2n) is 5.24. The van der Waals surface area contributed by atoms with Gasteiger partial charge in [-0.15, -0.1) is 0 Å². The third-order valence-electron chi connectivity index (χ3n) is 3.95. The third-order valence-corrected chi connectivity index (χ3v) is 3.95. The van der Waals surface area contributed by atoms with Gasteiger partial charge < -0.3 is 9.88 Å². The fourth-order valence-corrected chi connectivity index (χ4v) is 2.69. The minimum Gasteiger partial charge on any atom is -0.309 e. The lowest BCUT2D eigenvalue weighted by atomic mass is 10.2. The Balaban J connectivity index is 1.77. The van der Waals surface area contributed by atoms with Gasteiger partial charge in [0.2, 0.25) is 0 Å². The van der Waals surface area contributed by atoms with Crippen LogP contribution < -0.4 is 5.56 Å². The summed E-state index contributed by atoms with van der Waals surface area (Å²) in [7, 11) is 0. The second kappa shape index (κ2) is 5.73. The summed E-state index contributed by atoms with van der Waals surface area (Å²) >= 11 is 0. The van der Waals surface area contributed by atoms with E-state index in [1.165, 1.54) is 0 Å². The fraction of sp³-hybridized carbons (Fsp3) is 0.467. The molecule has 106 valence electrons. The third kappa shape index (κ3) is 2.73. The first kappa shape index (κ1) is 13.3. The molecule has 0 atom stereocenters. The van der Waals surface area contributed by atoms with Crippen LogP contribution in [-0.4, -0.2) is 52.5 Å². The smallest absolute Gasteiger partial charge is 0.258 e. The van der Waals surface area contributed by atoms with Crippen molar-refractivity contribution < 1.29 is 0 Å². The number of aromatic amines is 1. The Morgan fingerprint density at radius 2 is 1.85 bits per heavy atom. The lowest BCUT2D eigenvalue weighted by molar-refractivity contribution is 0.129. The Morgan fingerprint density at radius 3 is 2.60 bits per heavy atom. The molecule has 1 N–H and O–H groups in total. The van der Waals surface area contributed by atoms with E-state index in [9.17, 15) is 4.79 Å². The van der Waals surface area contributed by atoms with E-state index in [-0.39, 0.29) is 5.56 Å². The number of hydrogen-bond donors (Lipinski definition) is 1. The molecule has 0 amide bonds. The lowest BCUT2D eigenvalue weighted by Crippen LogP contribution is -2.45. The molecule has 5 nitrogen and oxygen atoms in total. The van der Waals surface area contributed by atoms with Crippen LogP contribution in [-0.2, 0) is 6.54 Å². The van der Waals surface area contributed by atoms with E-state index in [1.54, 1.807) is 0 Å². The van der Waals surface area contributed by atoms with Crippen LogP contribution in [0.4, 0.5) is 0 Å². The predicted molar refractivity (Wildman–Crippen MR) is 79.8 cm³/mol. The van der Waals surface area contributed by atoms with Gasteiger partial charge in [0.25, 0.3) is 5.56 Å². The zero-order chi connectivity index (χ0) is 13.9. The molecule has 1 aromatic heterocycles. The summed E-state index contributed by atoms with van der Waals surface area (Å²) in [5.41, 5.74) is 0.733. The number of benzene rings is 1. The molecule has 0 bridgehead atoms. The Hall–Kier alpha value is -1.72. The molecule has 0 spiro atoms. The summed E-state index contributed by atoms with van der Waals surface area (Å²) < 4.78 is 0. The molecule has 1 fully saturated rings. The van der Waals surface area contributed by atoms with Crippen LogP contribution in [0.25, 0.3) is 10.9 Å². The summed E-state index contributed by atoms with van der Waals surface area (Å²) in [5.74, 6) is 0.763. The van der Waals surface area contributed by atoms with Gasteiger partial charge in [0.15, 0.2) is 0 Å². The molecule has 1 aliphatic heterocycles. The number of fused-ring (bicyclic) bond motifs is 1. The van der Waals surface area contributed by atoms with E-state index in [2.05, 4.69) is 26.7 Å². The molecule has 1 aromatic carbocycles. The molecule has 0 aliphatic carbocycles. The molecule has 2 aromatic rings. The van der Waals surface area contributed by atoms with E-state index in [4.69, 9.17) is 0 Å². The molecule has 0 saturated carbocycles. The largest absolute Gasteiger partial charge is 0.309 e. The first-order chi connectivity index (χ1) is 9.76. The molecule has 3 rings (SSSR count). The summed E-state index contributed by atoms with van der Waals surface area (Å²) in [6.45, 7) is 8.27. The van der Waals surface area contributed by atoms with E-state index in [0.717, 1.165) is 50.6 Å². The maximum Gasteiger partial charge on any atom is 0.258 e. The van der Waals surface area contributed by atoms with Gasteiger partial charge in [-0.05, 0) is 18.7 Å². The molecular weight excluding hydrogens is 252 g/mol. The van der Waals surface area contributed by atoms with Gasteiger partial charge >= 0.3 is 0 Å². The molecule has 0 radical (unpaired) electrons. The highest BCUT2D eigenvalue weighted by Crippen LogP contribution is 2.08. The van der Waals surface area contributed by atoms with E-state index >= 15 is 0 Å². The van der Waals surface area contributed by atoms with Crippen molar-refractivity contribution in [2.24, 2.45) is 0 Å². The van der Waals surface area contributed by atoms with Crippen LogP contribution in [0.3, 0.4) is 0 Å². The van der Waals surface area contributed by atoms with Crippen LogP contribution in [0.1, 0.15) is 12.7 Å². The van der Waals surface area contributed by atoms with Crippen molar-refractivity contribution >= 4 is 10.9 Å². The second-order valence-corrected chi connectivity index (χ2v) is 5.24. The highest BCUT2D eigenvalue weighted by Gasteiger charge is 2.16. The van der Waals surface area contributed by atoms with E-state index in [0.29, 0.717) is 5.39 Å². The maximum absolute atomic E-state index is 12.0.